The standard InChI is InChI=1S/C17H22O/c1-3-4-6-13-17(15(2)18)14-9-12-16-10-7-5-8-11-16/h5,7-8,10-11,14-15,18H,3-4,6,13H2,1-2H3/b17-14-. The van der Waals surface area contributed by atoms with E-state index in [4.69, 9.17) is 0 Å². The summed E-state index contributed by atoms with van der Waals surface area (Å²) in [5, 5.41) is 9.67. The van der Waals surface area contributed by atoms with E-state index in [-0.39, 0.29) is 0 Å². The summed E-state index contributed by atoms with van der Waals surface area (Å²) in [4.78, 5) is 0. The van der Waals surface area contributed by atoms with Gasteiger partial charge in [-0.15, -0.1) is 0 Å². The van der Waals surface area contributed by atoms with E-state index in [1.54, 1.807) is 0 Å². The van der Waals surface area contributed by atoms with Crippen molar-refractivity contribution in [2.75, 3.05) is 0 Å². The number of unbranched alkanes of at least 4 members (excludes halogenated alkanes) is 2. The molecule has 0 aliphatic heterocycles. The Labute approximate surface area is 111 Å². The van der Waals surface area contributed by atoms with E-state index in [1.807, 2.05) is 43.3 Å². The lowest BCUT2D eigenvalue weighted by molar-refractivity contribution is 0.226. The normalized spacial score (nSPS) is 12.7. The molecular weight excluding hydrogens is 220 g/mol. The lowest BCUT2D eigenvalue weighted by atomic mass is 10.0. The summed E-state index contributed by atoms with van der Waals surface area (Å²) in [5.41, 5.74) is 2.04. The average molecular weight is 242 g/mol. The van der Waals surface area contributed by atoms with Crippen molar-refractivity contribution in [3.05, 3.63) is 47.5 Å². The van der Waals surface area contributed by atoms with Gasteiger partial charge in [-0.25, -0.2) is 0 Å². The fourth-order valence-electron chi connectivity index (χ4n) is 1.71. The van der Waals surface area contributed by atoms with Gasteiger partial charge in [0.1, 0.15) is 0 Å². The second-order valence-electron chi connectivity index (χ2n) is 4.49. The first-order chi connectivity index (χ1) is 8.74. The van der Waals surface area contributed by atoms with Gasteiger partial charge in [0.15, 0.2) is 0 Å². The summed E-state index contributed by atoms with van der Waals surface area (Å²) in [7, 11) is 0. The molecule has 1 rings (SSSR count). The van der Waals surface area contributed by atoms with Crippen molar-refractivity contribution in [3.63, 3.8) is 0 Å². The second kappa shape index (κ2) is 8.55. The van der Waals surface area contributed by atoms with E-state index in [1.165, 1.54) is 12.8 Å². The van der Waals surface area contributed by atoms with Gasteiger partial charge in [0.05, 0.1) is 6.10 Å². The maximum Gasteiger partial charge on any atom is 0.0731 e. The molecule has 0 heterocycles. The van der Waals surface area contributed by atoms with E-state index in [0.29, 0.717) is 0 Å². The first-order valence-corrected chi connectivity index (χ1v) is 6.67. The molecule has 0 spiro atoms. The number of aliphatic hydroxyl groups excluding tert-OH is 1. The van der Waals surface area contributed by atoms with E-state index in [9.17, 15) is 5.11 Å². The van der Waals surface area contributed by atoms with Crippen molar-refractivity contribution in [3.8, 4) is 11.8 Å². The largest absolute Gasteiger partial charge is 0.389 e. The van der Waals surface area contributed by atoms with Gasteiger partial charge in [0.2, 0.25) is 0 Å². The van der Waals surface area contributed by atoms with E-state index in [2.05, 4.69) is 18.8 Å². The molecule has 1 atom stereocenters. The van der Waals surface area contributed by atoms with E-state index >= 15 is 0 Å². The zero-order valence-corrected chi connectivity index (χ0v) is 11.3. The van der Waals surface area contributed by atoms with Crippen LogP contribution in [0.15, 0.2) is 42.0 Å². The highest BCUT2D eigenvalue weighted by Gasteiger charge is 2.03. The molecule has 0 aliphatic carbocycles. The number of hydrogen-bond acceptors (Lipinski definition) is 1. The number of benzene rings is 1. The highest BCUT2D eigenvalue weighted by molar-refractivity contribution is 5.37. The molecule has 1 unspecified atom stereocenters. The topological polar surface area (TPSA) is 20.2 Å². The van der Waals surface area contributed by atoms with Gasteiger partial charge < -0.3 is 5.11 Å². The molecule has 1 N–H and O–H groups in total. The SMILES string of the molecule is CCCCC/C(=C/C#Cc1ccccc1)C(C)O. The van der Waals surface area contributed by atoms with Crippen LogP contribution in [0.4, 0.5) is 0 Å². The molecule has 0 bridgehead atoms. The molecule has 0 amide bonds. The Bertz CT molecular complexity index is 418. The van der Waals surface area contributed by atoms with Gasteiger partial charge in [-0.3, -0.25) is 0 Å². The minimum absolute atomic E-state index is 0.396. The van der Waals surface area contributed by atoms with Crippen LogP contribution in [0, 0.1) is 11.8 Å². The third kappa shape index (κ3) is 5.70. The van der Waals surface area contributed by atoms with Crippen LogP contribution in [0.3, 0.4) is 0 Å². The summed E-state index contributed by atoms with van der Waals surface area (Å²) >= 11 is 0. The molecule has 1 nitrogen and oxygen atoms in total. The van der Waals surface area contributed by atoms with Crippen molar-refractivity contribution < 1.29 is 5.11 Å². The van der Waals surface area contributed by atoms with Crippen LogP contribution in [-0.4, -0.2) is 11.2 Å². The van der Waals surface area contributed by atoms with Crippen molar-refractivity contribution in [2.45, 2.75) is 45.6 Å². The first-order valence-electron chi connectivity index (χ1n) is 6.67. The van der Waals surface area contributed by atoms with Crippen LogP contribution in [0.2, 0.25) is 0 Å². The third-order valence-corrected chi connectivity index (χ3v) is 2.85. The van der Waals surface area contributed by atoms with Crippen LogP contribution in [0.5, 0.6) is 0 Å². The Hall–Kier alpha value is -1.52. The predicted molar refractivity (Wildman–Crippen MR) is 77.2 cm³/mol. The van der Waals surface area contributed by atoms with E-state index < -0.39 is 6.10 Å². The van der Waals surface area contributed by atoms with Gasteiger partial charge in [-0.05, 0) is 43.5 Å². The van der Waals surface area contributed by atoms with Crippen LogP contribution in [0.1, 0.15) is 45.1 Å². The number of aliphatic hydroxyl groups is 1. The van der Waals surface area contributed by atoms with Gasteiger partial charge in [0.25, 0.3) is 0 Å². The summed E-state index contributed by atoms with van der Waals surface area (Å²) in [6, 6.07) is 9.90. The van der Waals surface area contributed by atoms with Crippen LogP contribution < -0.4 is 0 Å². The predicted octanol–water partition coefficient (Wildman–Crippen LogP) is 3.93. The number of hydrogen-bond donors (Lipinski definition) is 1. The zero-order chi connectivity index (χ0) is 13.2. The summed E-state index contributed by atoms with van der Waals surface area (Å²) in [5.74, 6) is 6.12. The Balaban J connectivity index is 2.63. The van der Waals surface area contributed by atoms with Crippen LogP contribution in [-0.2, 0) is 0 Å². The number of allylic oxidation sites excluding steroid dienone is 1. The molecule has 0 saturated heterocycles. The molecule has 18 heavy (non-hydrogen) atoms. The van der Waals surface area contributed by atoms with E-state index in [0.717, 1.165) is 24.0 Å². The van der Waals surface area contributed by atoms with Crippen molar-refractivity contribution in [1.29, 1.82) is 0 Å². The van der Waals surface area contributed by atoms with Crippen molar-refractivity contribution in [1.82, 2.24) is 0 Å². The monoisotopic (exact) mass is 242 g/mol. The molecule has 1 aromatic carbocycles. The number of rotatable bonds is 5. The van der Waals surface area contributed by atoms with Gasteiger partial charge in [0, 0.05) is 5.56 Å². The Morgan fingerprint density at radius 3 is 2.61 bits per heavy atom. The Morgan fingerprint density at radius 1 is 1.28 bits per heavy atom. The molecule has 0 radical (unpaired) electrons. The fourth-order valence-corrected chi connectivity index (χ4v) is 1.71. The minimum Gasteiger partial charge on any atom is -0.389 e. The minimum atomic E-state index is -0.396. The summed E-state index contributed by atoms with van der Waals surface area (Å²) in [6.07, 6.45) is 5.94. The van der Waals surface area contributed by atoms with Gasteiger partial charge >= 0.3 is 0 Å². The molecule has 0 saturated carbocycles. The summed E-state index contributed by atoms with van der Waals surface area (Å²) < 4.78 is 0. The lowest BCUT2D eigenvalue weighted by Crippen LogP contribution is -2.04. The van der Waals surface area contributed by atoms with Crippen molar-refractivity contribution >= 4 is 0 Å². The lowest BCUT2D eigenvalue weighted by Gasteiger charge is -2.08. The van der Waals surface area contributed by atoms with Crippen LogP contribution in [0.25, 0.3) is 0 Å². The molecule has 96 valence electrons. The van der Waals surface area contributed by atoms with Crippen LogP contribution >= 0.6 is 0 Å². The smallest absolute Gasteiger partial charge is 0.0731 e. The van der Waals surface area contributed by atoms with Gasteiger partial charge in [-0.1, -0.05) is 49.8 Å². The average Bonchev–Trinajstić information content (AvgIpc) is 2.38. The quantitative estimate of drug-likeness (QED) is 0.613. The Morgan fingerprint density at radius 2 is 2.00 bits per heavy atom. The Kier molecular flexibility index (Phi) is 6.91. The molecular formula is C17H22O. The molecule has 0 fully saturated rings. The maximum atomic E-state index is 9.67. The third-order valence-electron chi connectivity index (χ3n) is 2.85. The highest BCUT2D eigenvalue weighted by atomic mass is 16.3. The molecule has 0 aromatic heterocycles. The second-order valence-corrected chi connectivity index (χ2v) is 4.49. The summed E-state index contributed by atoms with van der Waals surface area (Å²) in [6.45, 7) is 3.99. The maximum absolute atomic E-state index is 9.67. The highest BCUT2D eigenvalue weighted by Crippen LogP contribution is 2.12. The fraction of sp³-hybridized carbons (Fsp3) is 0.412. The molecule has 1 heteroatoms. The van der Waals surface area contributed by atoms with Crippen molar-refractivity contribution in [2.24, 2.45) is 0 Å². The molecule has 1 aromatic rings. The molecule has 0 aliphatic rings. The zero-order valence-electron chi connectivity index (χ0n) is 11.3. The first kappa shape index (κ1) is 14.5. The van der Waals surface area contributed by atoms with Gasteiger partial charge in [-0.2, -0.15) is 0 Å².